The standard InChI is InChI=1S/C25H55N3O11/c1-27-2-4-29-6-8-31-10-12-33-14-16-35-18-20-37-22-24-39-25-23-38-21-19-36-17-15-34-13-11-32-9-7-30-5-3-28-26/h27-28H,2-26H2,1H3. The average molecular weight is 574 g/mol. The molecule has 0 aliphatic carbocycles. The van der Waals surface area contributed by atoms with E-state index in [4.69, 9.17) is 57.9 Å². The molecule has 0 rings (SSSR count). The minimum Gasteiger partial charge on any atom is -0.378 e. The van der Waals surface area contributed by atoms with Crippen LogP contribution in [0.15, 0.2) is 0 Å². The highest BCUT2D eigenvalue weighted by atomic mass is 16.6. The molecule has 0 heterocycles. The average Bonchev–Trinajstić information content (AvgIpc) is 2.95. The molecule has 0 aromatic heterocycles. The van der Waals surface area contributed by atoms with E-state index in [-0.39, 0.29) is 0 Å². The molecule has 0 saturated carbocycles. The van der Waals surface area contributed by atoms with E-state index in [0.717, 1.165) is 6.54 Å². The fourth-order valence-electron chi connectivity index (χ4n) is 2.61. The van der Waals surface area contributed by atoms with E-state index in [1.165, 1.54) is 0 Å². The van der Waals surface area contributed by atoms with Crippen LogP contribution in [0, 0.1) is 0 Å². The molecule has 0 radical (unpaired) electrons. The first-order chi connectivity index (χ1) is 19.4. The fourth-order valence-corrected chi connectivity index (χ4v) is 2.61. The first kappa shape index (κ1) is 38.4. The van der Waals surface area contributed by atoms with Gasteiger partial charge in [0.05, 0.1) is 145 Å². The number of hydrogen-bond acceptors (Lipinski definition) is 14. The first-order valence-electron chi connectivity index (χ1n) is 13.8. The topological polar surface area (TPSA) is 152 Å². The minimum atomic E-state index is 0.516. The molecule has 0 atom stereocenters. The van der Waals surface area contributed by atoms with E-state index in [1.54, 1.807) is 0 Å². The maximum absolute atomic E-state index is 5.46. The van der Waals surface area contributed by atoms with Crippen LogP contribution < -0.4 is 16.6 Å². The number of nitrogens with two attached hydrogens (primary N) is 1. The second-order valence-electron chi connectivity index (χ2n) is 7.79. The van der Waals surface area contributed by atoms with Crippen molar-refractivity contribution in [1.29, 1.82) is 0 Å². The Kier molecular flexibility index (Phi) is 36.9. The Labute approximate surface area is 234 Å². The van der Waals surface area contributed by atoms with Crippen LogP contribution in [0.5, 0.6) is 0 Å². The van der Waals surface area contributed by atoms with Crippen molar-refractivity contribution in [2.24, 2.45) is 5.84 Å². The number of hydrogen-bond donors (Lipinski definition) is 3. The van der Waals surface area contributed by atoms with Crippen LogP contribution in [-0.2, 0) is 52.1 Å². The van der Waals surface area contributed by atoms with Gasteiger partial charge in [0.2, 0.25) is 0 Å². The largest absolute Gasteiger partial charge is 0.378 e. The molecule has 0 aliphatic rings. The lowest BCUT2D eigenvalue weighted by atomic mass is 10.6. The highest BCUT2D eigenvalue weighted by molar-refractivity contribution is 4.40. The summed E-state index contributed by atoms with van der Waals surface area (Å²) in [5.41, 5.74) is 2.52. The molecule has 236 valence electrons. The summed E-state index contributed by atoms with van der Waals surface area (Å²) in [4.78, 5) is 0. The van der Waals surface area contributed by atoms with Gasteiger partial charge in [-0.05, 0) is 7.05 Å². The van der Waals surface area contributed by atoms with Gasteiger partial charge < -0.3 is 57.4 Å². The third-order valence-corrected chi connectivity index (χ3v) is 4.61. The number of rotatable bonds is 36. The van der Waals surface area contributed by atoms with Gasteiger partial charge in [0.15, 0.2) is 0 Å². The van der Waals surface area contributed by atoms with Gasteiger partial charge >= 0.3 is 0 Å². The van der Waals surface area contributed by atoms with Gasteiger partial charge in [-0.15, -0.1) is 0 Å². The Morgan fingerprint density at radius 1 is 0.308 bits per heavy atom. The van der Waals surface area contributed by atoms with Crippen molar-refractivity contribution in [3.8, 4) is 0 Å². The Bertz CT molecular complexity index is 397. The van der Waals surface area contributed by atoms with Crippen molar-refractivity contribution < 1.29 is 52.1 Å². The summed E-state index contributed by atoms with van der Waals surface area (Å²) in [6, 6.07) is 0. The Balaban J connectivity index is 3.01. The normalized spacial score (nSPS) is 11.5. The molecule has 0 bridgehead atoms. The van der Waals surface area contributed by atoms with Gasteiger partial charge in [-0.2, -0.15) is 0 Å². The molecule has 39 heavy (non-hydrogen) atoms. The van der Waals surface area contributed by atoms with E-state index in [0.29, 0.717) is 152 Å². The maximum atomic E-state index is 5.46. The second kappa shape index (κ2) is 37.4. The molecule has 0 unspecified atom stereocenters. The molecule has 0 amide bonds. The van der Waals surface area contributed by atoms with Gasteiger partial charge in [-0.1, -0.05) is 0 Å². The SMILES string of the molecule is CNCCOCCOCCOCCOCCOCCOCCOCCOCCOCCOCCOCCNN. The van der Waals surface area contributed by atoms with Crippen molar-refractivity contribution >= 4 is 0 Å². The molecular formula is C25H55N3O11. The highest BCUT2D eigenvalue weighted by Crippen LogP contribution is 1.87. The number of ether oxygens (including phenoxy) is 11. The van der Waals surface area contributed by atoms with Gasteiger partial charge in [0.1, 0.15) is 0 Å². The molecule has 14 heteroatoms. The molecule has 0 aliphatic heterocycles. The fraction of sp³-hybridized carbons (Fsp3) is 1.00. The summed E-state index contributed by atoms with van der Waals surface area (Å²) in [5.74, 6) is 5.14. The van der Waals surface area contributed by atoms with Crippen LogP contribution in [0.2, 0.25) is 0 Å². The van der Waals surface area contributed by atoms with E-state index in [2.05, 4.69) is 10.7 Å². The lowest BCUT2D eigenvalue weighted by Crippen LogP contribution is -2.26. The van der Waals surface area contributed by atoms with Gasteiger partial charge in [0.25, 0.3) is 0 Å². The Morgan fingerprint density at radius 2 is 0.487 bits per heavy atom. The van der Waals surface area contributed by atoms with E-state index >= 15 is 0 Å². The maximum Gasteiger partial charge on any atom is 0.0701 e. The number of hydrazine groups is 1. The van der Waals surface area contributed by atoms with Crippen molar-refractivity contribution in [1.82, 2.24) is 10.7 Å². The molecule has 0 saturated heterocycles. The summed E-state index contributed by atoms with van der Waals surface area (Å²) in [5, 5.41) is 3.02. The van der Waals surface area contributed by atoms with Crippen LogP contribution in [0.4, 0.5) is 0 Å². The number of likely N-dealkylation sites (N-methyl/N-ethyl adjacent to an activating group) is 1. The Morgan fingerprint density at radius 3 is 0.667 bits per heavy atom. The summed E-state index contributed by atoms with van der Waals surface area (Å²) in [7, 11) is 1.89. The minimum absolute atomic E-state index is 0.516. The van der Waals surface area contributed by atoms with Crippen LogP contribution >= 0.6 is 0 Å². The van der Waals surface area contributed by atoms with Crippen molar-refractivity contribution in [3.63, 3.8) is 0 Å². The molecular weight excluding hydrogens is 518 g/mol. The zero-order valence-electron chi connectivity index (χ0n) is 24.0. The number of nitrogens with one attached hydrogen (secondary N) is 2. The third-order valence-electron chi connectivity index (χ3n) is 4.61. The summed E-state index contributed by atoms with van der Waals surface area (Å²) >= 11 is 0. The smallest absolute Gasteiger partial charge is 0.0701 e. The van der Waals surface area contributed by atoms with Crippen LogP contribution in [0.25, 0.3) is 0 Å². The van der Waals surface area contributed by atoms with Gasteiger partial charge in [0, 0.05) is 13.1 Å². The lowest BCUT2D eigenvalue weighted by molar-refractivity contribution is -0.0274. The predicted molar refractivity (Wildman–Crippen MR) is 145 cm³/mol. The van der Waals surface area contributed by atoms with E-state index in [1.807, 2.05) is 7.05 Å². The van der Waals surface area contributed by atoms with Crippen molar-refractivity contribution in [2.45, 2.75) is 0 Å². The van der Waals surface area contributed by atoms with Gasteiger partial charge in [-0.3, -0.25) is 11.3 Å². The zero-order valence-corrected chi connectivity index (χ0v) is 24.0. The molecule has 0 aromatic rings. The quantitative estimate of drug-likeness (QED) is 0.0470. The second-order valence-corrected chi connectivity index (χ2v) is 7.79. The molecule has 14 nitrogen and oxygen atoms in total. The predicted octanol–water partition coefficient (Wildman–Crippen LogP) is -1.15. The molecule has 0 aromatic carbocycles. The first-order valence-corrected chi connectivity index (χ1v) is 13.8. The summed E-state index contributed by atoms with van der Waals surface area (Å²) in [6.07, 6.45) is 0. The third kappa shape index (κ3) is 37.4. The van der Waals surface area contributed by atoms with Crippen molar-refractivity contribution in [3.05, 3.63) is 0 Å². The highest BCUT2D eigenvalue weighted by Gasteiger charge is 1.96. The van der Waals surface area contributed by atoms with Gasteiger partial charge in [-0.25, -0.2) is 0 Å². The molecule has 0 spiro atoms. The van der Waals surface area contributed by atoms with Crippen molar-refractivity contribution in [2.75, 3.05) is 165 Å². The molecule has 0 fully saturated rings. The van der Waals surface area contributed by atoms with E-state index in [9.17, 15) is 0 Å². The van der Waals surface area contributed by atoms with Crippen LogP contribution in [-0.4, -0.2) is 165 Å². The monoisotopic (exact) mass is 573 g/mol. The zero-order chi connectivity index (χ0) is 28.2. The van der Waals surface area contributed by atoms with Crippen LogP contribution in [0.1, 0.15) is 0 Å². The Hall–Kier alpha value is -0.560. The summed E-state index contributed by atoms with van der Waals surface area (Å²) < 4.78 is 59.5. The molecule has 4 N–H and O–H groups in total. The summed E-state index contributed by atoms with van der Waals surface area (Å²) in [6.45, 7) is 13.4. The van der Waals surface area contributed by atoms with E-state index < -0.39 is 0 Å². The lowest BCUT2D eigenvalue weighted by Gasteiger charge is -2.09. The van der Waals surface area contributed by atoms with Crippen LogP contribution in [0.3, 0.4) is 0 Å².